The van der Waals surface area contributed by atoms with Crippen LogP contribution in [0.15, 0.2) is 0 Å². The Labute approximate surface area is 133 Å². The summed E-state index contributed by atoms with van der Waals surface area (Å²) in [6.45, 7) is 3.51. The van der Waals surface area contributed by atoms with Crippen LogP contribution in [0.25, 0.3) is 0 Å². The van der Waals surface area contributed by atoms with E-state index in [1.165, 1.54) is 25.7 Å². The van der Waals surface area contributed by atoms with Crippen molar-refractivity contribution in [2.45, 2.75) is 51.4 Å². The third kappa shape index (κ3) is 2.77. The van der Waals surface area contributed by atoms with Crippen molar-refractivity contribution in [2.24, 2.45) is 23.7 Å². The molecular formula is C18H28N2O2. The van der Waals surface area contributed by atoms with Gasteiger partial charge in [0, 0.05) is 32.1 Å². The zero-order chi connectivity index (χ0) is 15.1. The number of hydrogen-bond donors (Lipinski definition) is 0. The normalized spacial score (nSPS) is 35.4. The molecule has 0 aromatic rings. The van der Waals surface area contributed by atoms with Crippen LogP contribution in [0.3, 0.4) is 0 Å². The molecule has 0 unspecified atom stereocenters. The smallest absolute Gasteiger partial charge is 0.227 e. The third-order valence-corrected chi connectivity index (χ3v) is 6.30. The van der Waals surface area contributed by atoms with E-state index in [0.29, 0.717) is 18.4 Å². The molecule has 122 valence electrons. The summed E-state index contributed by atoms with van der Waals surface area (Å²) in [5, 5.41) is 0. The van der Waals surface area contributed by atoms with Gasteiger partial charge in [-0.05, 0) is 50.4 Å². The van der Waals surface area contributed by atoms with Gasteiger partial charge in [-0.2, -0.15) is 0 Å². The number of carbonyl (C=O) groups is 2. The van der Waals surface area contributed by atoms with Gasteiger partial charge in [-0.15, -0.1) is 0 Å². The number of amides is 2. The van der Waals surface area contributed by atoms with Crippen LogP contribution in [0, 0.1) is 23.7 Å². The summed E-state index contributed by atoms with van der Waals surface area (Å²) in [6.07, 6.45) is 9.39. The lowest BCUT2D eigenvalue weighted by Crippen LogP contribution is -2.46. The second-order valence-electron chi connectivity index (χ2n) is 7.95. The summed E-state index contributed by atoms with van der Waals surface area (Å²) in [5.41, 5.74) is 0. The fourth-order valence-electron chi connectivity index (χ4n) is 4.81. The van der Waals surface area contributed by atoms with E-state index in [-0.39, 0.29) is 11.8 Å². The first-order valence-corrected chi connectivity index (χ1v) is 9.30. The Hall–Kier alpha value is -1.06. The van der Waals surface area contributed by atoms with Crippen LogP contribution in [0.4, 0.5) is 0 Å². The van der Waals surface area contributed by atoms with Crippen LogP contribution in [0.1, 0.15) is 51.4 Å². The average Bonchev–Trinajstić information content (AvgIpc) is 3.32. The Morgan fingerprint density at radius 3 is 1.91 bits per heavy atom. The van der Waals surface area contributed by atoms with Crippen molar-refractivity contribution >= 4 is 11.8 Å². The van der Waals surface area contributed by atoms with E-state index < -0.39 is 0 Å². The van der Waals surface area contributed by atoms with Crippen molar-refractivity contribution in [3.63, 3.8) is 0 Å². The van der Waals surface area contributed by atoms with E-state index >= 15 is 0 Å². The highest BCUT2D eigenvalue weighted by Crippen LogP contribution is 2.37. The highest BCUT2D eigenvalue weighted by Gasteiger charge is 2.41. The second kappa shape index (κ2) is 5.86. The Bertz CT molecular complexity index is 446. The fraction of sp³-hybridized carbons (Fsp3) is 0.889. The molecule has 4 heteroatoms. The number of fused-ring (bicyclic) bond motifs is 1. The fourth-order valence-corrected chi connectivity index (χ4v) is 4.81. The van der Waals surface area contributed by atoms with Crippen LogP contribution in [-0.4, -0.2) is 47.8 Å². The number of nitrogens with zero attached hydrogens (tertiary/aromatic N) is 2. The van der Waals surface area contributed by atoms with Gasteiger partial charge in [0.1, 0.15) is 0 Å². The van der Waals surface area contributed by atoms with Gasteiger partial charge in [0.15, 0.2) is 0 Å². The molecule has 0 N–H and O–H groups in total. The van der Waals surface area contributed by atoms with Gasteiger partial charge in [-0.1, -0.05) is 12.8 Å². The molecule has 2 saturated heterocycles. The average molecular weight is 304 g/mol. The van der Waals surface area contributed by atoms with Crippen LogP contribution >= 0.6 is 0 Å². The lowest BCUT2D eigenvalue weighted by atomic mass is 9.82. The van der Waals surface area contributed by atoms with E-state index in [1.54, 1.807) is 0 Å². The van der Waals surface area contributed by atoms with Crippen molar-refractivity contribution in [3.8, 4) is 0 Å². The lowest BCUT2D eigenvalue weighted by molar-refractivity contribution is -0.141. The van der Waals surface area contributed by atoms with E-state index in [4.69, 9.17) is 0 Å². The summed E-state index contributed by atoms with van der Waals surface area (Å²) in [5.74, 6) is 2.51. The van der Waals surface area contributed by atoms with E-state index in [2.05, 4.69) is 4.90 Å². The first kappa shape index (κ1) is 14.5. The van der Waals surface area contributed by atoms with Crippen molar-refractivity contribution < 1.29 is 9.59 Å². The maximum absolute atomic E-state index is 12.9. The molecule has 2 heterocycles. The predicted molar refractivity (Wildman–Crippen MR) is 84.1 cm³/mol. The molecule has 4 rings (SSSR count). The van der Waals surface area contributed by atoms with Crippen LogP contribution in [0.5, 0.6) is 0 Å². The highest BCUT2D eigenvalue weighted by molar-refractivity contribution is 5.83. The summed E-state index contributed by atoms with van der Waals surface area (Å²) in [6, 6.07) is 0. The second-order valence-corrected chi connectivity index (χ2v) is 7.95. The molecule has 4 nitrogen and oxygen atoms in total. The van der Waals surface area contributed by atoms with Crippen LogP contribution in [0.2, 0.25) is 0 Å². The number of hydrogen-bond acceptors (Lipinski definition) is 2. The molecule has 2 aliphatic carbocycles. The minimum Gasteiger partial charge on any atom is -0.342 e. The zero-order valence-electron chi connectivity index (χ0n) is 13.5. The Balaban J connectivity index is 1.36. The molecule has 2 aliphatic heterocycles. The summed E-state index contributed by atoms with van der Waals surface area (Å²) >= 11 is 0. The number of likely N-dealkylation sites (tertiary alicyclic amines) is 2. The van der Waals surface area contributed by atoms with Gasteiger partial charge in [-0.3, -0.25) is 9.59 Å². The summed E-state index contributed by atoms with van der Waals surface area (Å²) in [7, 11) is 0. The molecule has 3 atom stereocenters. The highest BCUT2D eigenvalue weighted by atomic mass is 16.2. The lowest BCUT2D eigenvalue weighted by Gasteiger charge is -2.34. The van der Waals surface area contributed by atoms with Crippen molar-refractivity contribution in [1.29, 1.82) is 0 Å². The molecule has 2 amide bonds. The Morgan fingerprint density at radius 1 is 0.636 bits per heavy atom. The predicted octanol–water partition coefficient (Wildman–Crippen LogP) is 2.28. The van der Waals surface area contributed by atoms with Gasteiger partial charge in [0.2, 0.25) is 11.8 Å². The molecular weight excluding hydrogens is 276 g/mol. The SMILES string of the molecule is O=C(C1CC1)N1CCC[C@H](C(=O)N2C[C@H]3CCCC[C@@H]3C2)C1. The largest absolute Gasteiger partial charge is 0.342 e. The zero-order valence-corrected chi connectivity index (χ0v) is 13.5. The standard InChI is InChI=1S/C18H28N2O2/c21-17(13-7-8-13)19-9-3-6-16(12-19)18(22)20-10-14-4-1-2-5-15(14)11-20/h13-16H,1-12H2/t14-,15-,16+/m1/s1. The molecule has 0 spiro atoms. The monoisotopic (exact) mass is 304 g/mol. The minimum absolute atomic E-state index is 0.0663. The van der Waals surface area contributed by atoms with Gasteiger partial charge < -0.3 is 9.80 Å². The van der Waals surface area contributed by atoms with Gasteiger partial charge in [0.25, 0.3) is 0 Å². The number of carbonyl (C=O) groups excluding carboxylic acids is 2. The maximum atomic E-state index is 12.9. The van der Waals surface area contributed by atoms with Gasteiger partial charge >= 0.3 is 0 Å². The van der Waals surface area contributed by atoms with Crippen LogP contribution < -0.4 is 0 Å². The molecule has 0 radical (unpaired) electrons. The molecule has 0 aromatic heterocycles. The van der Waals surface area contributed by atoms with Crippen LogP contribution in [-0.2, 0) is 9.59 Å². The molecule has 4 aliphatic rings. The van der Waals surface area contributed by atoms with Crippen molar-refractivity contribution in [2.75, 3.05) is 26.2 Å². The van der Waals surface area contributed by atoms with E-state index in [0.717, 1.165) is 57.2 Å². The van der Waals surface area contributed by atoms with E-state index in [9.17, 15) is 9.59 Å². The first-order chi connectivity index (χ1) is 10.7. The quantitative estimate of drug-likeness (QED) is 0.785. The molecule has 4 fully saturated rings. The Kier molecular flexibility index (Phi) is 3.87. The summed E-state index contributed by atoms with van der Waals surface area (Å²) < 4.78 is 0. The molecule has 2 saturated carbocycles. The van der Waals surface area contributed by atoms with Crippen molar-refractivity contribution in [1.82, 2.24) is 9.80 Å². The Morgan fingerprint density at radius 2 is 1.27 bits per heavy atom. The van der Waals surface area contributed by atoms with E-state index in [1.807, 2.05) is 4.90 Å². The molecule has 0 aromatic carbocycles. The van der Waals surface area contributed by atoms with Gasteiger partial charge in [-0.25, -0.2) is 0 Å². The number of piperidine rings is 1. The first-order valence-electron chi connectivity index (χ1n) is 9.30. The third-order valence-electron chi connectivity index (χ3n) is 6.30. The topological polar surface area (TPSA) is 40.6 Å². The summed E-state index contributed by atoms with van der Waals surface area (Å²) in [4.78, 5) is 29.3. The number of rotatable bonds is 2. The molecule has 22 heavy (non-hydrogen) atoms. The van der Waals surface area contributed by atoms with Crippen molar-refractivity contribution in [3.05, 3.63) is 0 Å². The van der Waals surface area contributed by atoms with Gasteiger partial charge in [0.05, 0.1) is 5.92 Å². The molecule has 0 bridgehead atoms. The minimum atomic E-state index is 0.0663. The maximum Gasteiger partial charge on any atom is 0.227 e.